The van der Waals surface area contributed by atoms with Crippen molar-refractivity contribution in [1.29, 1.82) is 0 Å². The molecule has 1 N–H and O–H groups in total. The average molecular weight is 301 g/mol. The van der Waals surface area contributed by atoms with E-state index in [0.29, 0.717) is 17.9 Å². The maximum absolute atomic E-state index is 13.0. The SMILES string of the molecule is COc1cccc(NC(=O)[C@@]23CC[C@@](C)(C(=O)C2)C3(C)C)c1. The molecular weight excluding hydrogens is 278 g/mol. The number of rotatable bonds is 3. The van der Waals surface area contributed by atoms with Gasteiger partial charge in [-0.1, -0.05) is 26.8 Å². The molecule has 22 heavy (non-hydrogen) atoms. The summed E-state index contributed by atoms with van der Waals surface area (Å²) in [5, 5.41) is 3.00. The van der Waals surface area contributed by atoms with Gasteiger partial charge >= 0.3 is 0 Å². The van der Waals surface area contributed by atoms with E-state index in [9.17, 15) is 9.59 Å². The van der Waals surface area contributed by atoms with Crippen molar-refractivity contribution in [1.82, 2.24) is 0 Å². The third kappa shape index (κ3) is 1.70. The first kappa shape index (κ1) is 15.1. The molecule has 2 aliphatic rings. The summed E-state index contributed by atoms with van der Waals surface area (Å²) < 4.78 is 5.19. The Morgan fingerprint density at radius 3 is 2.50 bits per heavy atom. The number of anilines is 1. The van der Waals surface area contributed by atoms with Crippen LogP contribution >= 0.6 is 0 Å². The lowest BCUT2D eigenvalue weighted by atomic mass is 9.64. The van der Waals surface area contributed by atoms with Crippen molar-refractivity contribution < 1.29 is 14.3 Å². The van der Waals surface area contributed by atoms with Crippen LogP contribution in [-0.4, -0.2) is 18.8 Å². The number of amides is 1. The quantitative estimate of drug-likeness (QED) is 0.930. The van der Waals surface area contributed by atoms with Crippen LogP contribution < -0.4 is 10.1 Å². The monoisotopic (exact) mass is 301 g/mol. The molecule has 2 aliphatic carbocycles. The molecule has 1 amide bonds. The molecule has 0 heterocycles. The van der Waals surface area contributed by atoms with Crippen LogP contribution in [0, 0.1) is 16.2 Å². The second-order valence-corrected chi connectivity index (χ2v) is 7.33. The Morgan fingerprint density at radius 1 is 1.23 bits per heavy atom. The number of ketones is 1. The standard InChI is InChI=1S/C18H23NO3/c1-16(2)17(3)8-9-18(16,11-14(17)20)15(21)19-12-6-5-7-13(10-12)22-4/h5-7,10H,8-9,11H2,1-4H3,(H,19,21)/t17-,18+/m0/s1. The highest BCUT2D eigenvalue weighted by Gasteiger charge is 2.72. The number of nitrogens with one attached hydrogen (secondary N) is 1. The summed E-state index contributed by atoms with van der Waals surface area (Å²) in [6.45, 7) is 6.15. The summed E-state index contributed by atoms with van der Waals surface area (Å²) in [5.41, 5.74) is -0.580. The summed E-state index contributed by atoms with van der Waals surface area (Å²) in [7, 11) is 1.60. The Labute approximate surface area is 131 Å². The molecule has 2 bridgehead atoms. The lowest BCUT2D eigenvalue weighted by Gasteiger charge is -2.38. The van der Waals surface area contributed by atoms with Gasteiger partial charge in [0.15, 0.2) is 0 Å². The van der Waals surface area contributed by atoms with Crippen molar-refractivity contribution in [2.24, 2.45) is 16.2 Å². The molecule has 4 heteroatoms. The molecule has 0 aromatic heterocycles. The highest BCUT2D eigenvalue weighted by molar-refractivity contribution is 6.04. The molecule has 0 saturated heterocycles. The number of carbonyl (C=O) groups excluding carboxylic acids is 2. The Hall–Kier alpha value is -1.84. The van der Waals surface area contributed by atoms with Crippen LogP contribution in [0.4, 0.5) is 5.69 Å². The predicted octanol–water partition coefficient (Wildman–Crippen LogP) is 3.42. The minimum Gasteiger partial charge on any atom is -0.497 e. The van der Waals surface area contributed by atoms with Crippen LogP contribution in [0.1, 0.15) is 40.0 Å². The highest BCUT2D eigenvalue weighted by Crippen LogP contribution is 2.70. The van der Waals surface area contributed by atoms with Crippen molar-refractivity contribution in [3.8, 4) is 5.75 Å². The van der Waals surface area contributed by atoms with Gasteiger partial charge < -0.3 is 10.1 Å². The Balaban J connectivity index is 1.91. The number of Topliss-reactive ketones (excluding diaryl/α,β-unsaturated/α-hetero) is 1. The molecule has 0 radical (unpaired) electrons. The van der Waals surface area contributed by atoms with E-state index in [1.807, 2.05) is 25.1 Å². The molecule has 4 nitrogen and oxygen atoms in total. The first-order valence-corrected chi connectivity index (χ1v) is 7.76. The number of hydrogen-bond acceptors (Lipinski definition) is 3. The molecule has 3 rings (SSSR count). The van der Waals surface area contributed by atoms with Crippen molar-refractivity contribution in [2.45, 2.75) is 40.0 Å². The summed E-state index contributed by atoms with van der Waals surface area (Å²) in [6.07, 6.45) is 1.93. The maximum Gasteiger partial charge on any atom is 0.231 e. The van der Waals surface area contributed by atoms with Crippen molar-refractivity contribution in [3.05, 3.63) is 24.3 Å². The average Bonchev–Trinajstić information content (AvgIpc) is 2.78. The lowest BCUT2D eigenvalue weighted by molar-refractivity contribution is -0.131. The van der Waals surface area contributed by atoms with Gasteiger partial charge in [-0.2, -0.15) is 0 Å². The molecule has 0 aliphatic heterocycles. The van der Waals surface area contributed by atoms with Crippen LogP contribution in [0.2, 0.25) is 0 Å². The summed E-state index contributed by atoms with van der Waals surface area (Å²) in [5.74, 6) is 0.887. The van der Waals surface area contributed by atoms with Crippen molar-refractivity contribution in [3.63, 3.8) is 0 Å². The fraction of sp³-hybridized carbons (Fsp3) is 0.556. The fourth-order valence-corrected chi connectivity index (χ4v) is 4.31. The highest BCUT2D eigenvalue weighted by atomic mass is 16.5. The molecule has 2 atom stereocenters. The van der Waals surface area contributed by atoms with Crippen LogP contribution in [-0.2, 0) is 9.59 Å². The van der Waals surface area contributed by atoms with Gasteiger partial charge in [0.1, 0.15) is 11.5 Å². The summed E-state index contributed by atoms with van der Waals surface area (Å²) in [6, 6.07) is 7.32. The normalized spacial score (nSPS) is 32.1. The minimum atomic E-state index is -0.595. The molecule has 0 unspecified atom stereocenters. The maximum atomic E-state index is 13.0. The zero-order chi connectivity index (χ0) is 16.2. The van der Waals surface area contributed by atoms with Gasteiger partial charge in [0.25, 0.3) is 0 Å². The van der Waals surface area contributed by atoms with Crippen LogP contribution in [0.25, 0.3) is 0 Å². The van der Waals surface area contributed by atoms with E-state index in [1.165, 1.54) is 0 Å². The third-order valence-corrected chi connectivity index (χ3v) is 6.47. The van der Waals surface area contributed by atoms with Gasteiger partial charge in [-0.3, -0.25) is 9.59 Å². The zero-order valence-electron chi connectivity index (χ0n) is 13.7. The van der Waals surface area contributed by atoms with Gasteiger partial charge in [-0.05, 0) is 30.4 Å². The lowest BCUT2D eigenvalue weighted by Crippen LogP contribution is -2.43. The van der Waals surface area contributed by atoms with E-state index in [4.69, 9.17) is 4.74 Å². The van der Waals surface area contributed by atoms with E-state index >= 15 is 0 Å². The number of hydrogen-bond donors (Lipinski definition) is 1. The number of benzene rings is 1. The summed E-state index contributed by atoms with van der Waals surface area (Å²) in [4.78, 5) is 25.4. The fourth-order valence-electron chi connectivity index (χ4n) is 4.31. The number of carbonyl (C=O) groups is 2. The Kier molecular flexibility index (Phi) is 3.13. The van der Waals surface area contributed by atoms with E-state index in [-0.39, 0.29) is 22.5 Å². The minimum absolute atomic E-state index is 0.0414. The van der Waals surface area contributed by atoms with Gasteiger partial charge in [0.2, 0.25) is 5.91 Å². The van der Waals surface area contributed by atoms with Crippen molar-refractivity contribution >= 4 is 17.4 Å². The second kappa shape index (κ2) is 4.58. The van der Waals surface area contributed by atoms with Gasteiger partial charge in [0, 0.05) is 23.6 Å². The Bertz CT molecular complexity index is 651. The third-order valence-electron chi connectivity index (χ3n) is 6.47. The zero-order valence-corrected chi connectivity index (χ0v) is 13.7. The second-order valence-electron chi connectivity index (χ2n) is 7.33. The van der Waals surface area contributed by atoms with E-state index < -0.39 is 5.41 Å². The van der Waals surface area contributed by atoms with Gasteiger partial charge in [-0.15, -0.1) is 0 Å². The molecule has 0 spiro atoms. The first-order valence-electron chi connectivity index (χ1n) is 7.76. The topological polar surface area (TPSA) is 55.4 Å². The predicted molar refractivity (Wildman–Crippen MR) is 84.8 cm³/mol. The van der Waals surface area contributed by atoms with Crippen LogP contribution in [0.5, 0.6) is 5.75 Å². The van der Waals surface area contributed by atoms with E-state index in [0.717, 1.165) is 12.8 Å². The molecule has 1 aromatic rings. The van der Waals surface area contributed by atoms with Crippen LogP contribution in [0.15, 0.2) is 24.3 Å². The van der Waals surface area contributed by atoms with E-state index in [2.05, 4.69) is 19.2 Å². The summed E-state index contributed by atoms with van der Waals surface area (Å²) >= 11 is 0. The van der Waals surface area contributed by atoms with Gasteiger partial charge in [-0.25, -0.2) is 0 Å². The number of methoxy groups -OCH3 is 1. The number of fused-ring (bicyclic) bond motifs is 2. The molecular formula is C18H23NO3. The molecule has 118 valence electrons. The largest absolute Gasteiger partial charge is 0.497 e. The first-order chi connectivity index (χ1) is 10.3. The Morgan fingerprint density at radius 2 is 1.95 bits per heavy atom. The molecule has 1 aromatic carbocycles. The molecule has 2 fully saturated rings. The van der Waals surface area contributed by atoms with Gasteiger partial charge in [0.05, 0.1) is 12.5 Å². The van der Waals surface area contributed by atoms with Crippen LogP contribution in [0.3, 0.4) is 0 Å². The van der Waals surface area contributed by atoms with E-state index in [1.54, 1.807) is 13.2 Å². The number of ether oxygens (including phenoxy) is 1. The smallest absolute Gasteiger partial charge is 0.231 e. The molecule has 2 saturated carbocycles. The van der Waals surface area contributed by atoms with Crippen molar-refractivity contribution in [2.75, 3.05) is 12.4 Å².